The Labute approximate surface area is 484 Å². The molecule has 6 rings (SSSR count). The van der Waals surface area contributed by atoms with Gasteiger partial charge in [-0.15, -0.1) is 0 Å². The molecule has 0 unspecified atom stereocenters. The molecule has 0 aliphatic heterocycles. The van der Waals surface area contributed by atoms with Crippen molar-refractivity contribution >= 4 is 115 Å². The van der Waals surface area contributed by atoms with E-state index in [-0.39, 0.29) is 121 Å². The van der Waals surface area contributed by atoms with E-state index in [4.69, 9.17) is 57.2 Å². The van der Waals surface area contributed by atoms with Gasteiger partial charge in [0.25, 0.3) is 6.47 Å². The summed E-state index contributed by atoms with van der Waals surface area (Å²) in [4.78, 5) is 26.6. The number of carbonyl (C=O) groups excluding carboxylic acids is 1. The van der Waals surface area contributed by atoms with E-state index in [1.54, 1.807) is 51.1 Å². The molecule has 0 aliphatic carbocycles. The van der Waals surface area contributed by atoms with E-state index in [0.717, 1.165) is 22.3 Å². The number of hydrogen-bond acceptors (Lipinski definition) is 13. The van der Waals surface area contributed by atoms with Crippen LogP contribution in [0, 0.1) is 22.7 Å². The van der Waals surface area contributed by atoms with Crippen LogP contribution >= 0.6 is 80.9 Å². The van der Waals surface area contributed by atoms with Gasteiger partial charge in [-0.2, -0.15) is 15.5 Å². The Morgan fingerprint density at radius 3 is 1.67 bits per heavy atom. The van der Waals surface area contributed by atoms with Gasteiger partial charge in [0.05, 0.1) is 46.4 Å². The van der Waals surface area contributed by atoms with E-state index in [1.165, 1.54) is 6.20 Å². The molecule has 13 nitrogen and oxygen atoms in total. The SMILES string of the molecule is CP(C)(=O)c1cc(-c2ccccc2C#N)ccc1N.CP(C)(=O)c1cc(-c2ccccc2C#N)ccc1Nc1nc(Cl)ncc1Br.Clc1ncc(Br)c(Cl)n1.O=CO[O-].[2H]CF.[H-].[K+].[K+]. The number of anilines is 3. The Balaban J connectivity index is 0. The van der Waals surface area contributed by atoms with Crippen molar-refractivity contribution in [2.75, 3.05) is 44.9 Å². The molecule has 2 aromatic heterocycles. The van der Waals surface area contributed by atoms with Crippen molar-refractivity contribution < 1.29 is 134 Å². The number of halogens is 6. The minimum absolute atomic E-state index is 0. The van der Waals surface area contributed by atoms with Crippen LogP contribution in [0.15, 0.2) is 106 Å². The van der Waals surface area contributed by atoms with Crippen LogP contribution in [0.2, 0.25) is 15.7 Å². The van der Waals surface area contributed by atoms with E-state index in [9.17, 15) is 18.8 Å². The number of benzene rings is 4. The maximum atomic E-state index is 12.9. The molecule has 3 N–H and O–H groups in total. The summed E-state index contributed by atoms with van der Waals surface area (Å²) in [5, 5.41) is 32.0. The molecule has 0 atom stereocenters. The van der Waals surface area contributed by atoms with Gasteiger partial charge in [0, 0.05) is 28.7 Å². The maximum absolute atomic E-state index is 12.9. The zero-order valence-electron chi connectivity index (χ0n) is 36.5. The van der Waals surface area contributed by atoms with E-state index < -0.39 is 21.4 Å². The monoisotopic (exact) mass is 1130 g/mol. The fourth-order valence-corrected chi connectivity index (χ4v) is 8.21. The fraction of sp³-hybridized carbons (Fsp3) is 0.125. The third-order valence-electron chi connectivity index (χ3n) is 7.58. The molecule has 0 saturated carbocycles. The molecule has 0 saturated heterocycles. The third-order valence-corrected chi connectivity index (χ3v) is 12.7. The summed E-state index contributed by atoms with van der Waals surface area (Å²) in [6.45, 7) is 6.61. The predicted molar refractivity (Wildman–Crippen MR) is 249 cm³/mol. The maximum Gasteiger partial charge on any atom is 1.00 e. The van der Waals surface area contributed by atoms with Gasteiger partial charge in [0.1, 0.15) is 25.3 Å². The van der Waals surface area contributed by atoms with Crippen molar-refractivity contribution in [2.45, 2.75) is 0 Å². The van der Waals surface area contributed by atoms with Crippen molar-refractivity contribution in [1.29, 1.82) is 10.5 Å². The second-order valence-electron chi connectivity index (χ2n) is 12.5. The van der Waals surface area contributed by atoms with Crippen molar-refractivity contribution in [2.24, 2.45) is 0 Å². The molecule has 0 bridgehead atoms. The Morgan fingerprint density at radius 1 is 0.810 bits per heavy atom. The number of nitrogens with one attached hydrogen (secondary N) is 1. The average molecular weight is 1140 g/mol. The van der Waals surface area contributed by atoms with Gasteiger partial charge in [-0.3, -0.25) is 9.18 Å². The number of nitrogens with zero attached hydrogens (tertiary/aromatic N) is 6. The minimum Gasteiger partial charge on any atom is -1.00 e. The quantitative estimate of drug-likeness (QED) is 0.0336. The first-order chi connectivity index (χ1) is 29.2. The number of nitrogen functional groups attached to an aromatic ring is 1. The molecule has 320 valence electrons. The summed E-state index contributed by atoms with van der Waals surface area (Å²) in [7, 11) is -6.06. The van der Waals surface area contributed by atoms with Gasteiger partial charge < -0.3 is 31.8 Å². The summed E-state index contributed by atoms with van der Waals surface area (Å²) in [6.07, 6.45) is 3.05. The predicted octanol–water partition coefficient (Wildman–Crippen LogP) is 4.17. The molecule has 4 aromatic carbocycles. The zero-order chi connectivity index (χ0) is 46.6. The van der Waals surface area contributed by atoms with Gasteiger partial charge in [-0.05, 0) is 140 Å². The van der Waals surface area contributed by atoms with E-state index in [0.29, 0.717) is 53.0 Å². The molecule has 0 aliphatic rings. The van der Waals surface area contributed by atoms with Gasteiger partial charge in [0.15, 0.2) is 0 Å². The number of aromatic nitrogens is 4. The first-order valence-electron chi connectivity index (χ1n) is 17.5. The molecular weight excluding hydrogens is 1100 g/mol. The number of carbonyl (C=O) groups is 1. The van der Waals surface area contributed by atoms with Crippen molar-refractivity contribution in [1.82, 2.24) is 19.9 Å². The fourth-order valence-electron chi connectivity index (χ4n) is 4.98. The molecule has 6 aromatic rings. The van der Waals surface area contributed by atoms with Crippen LogP contribution in [0.3, 0.4) is 0 Å². The van der Waals surface area contributed by atoms with Crippen molar-refractivity contribution in [3.63, 3.8) is 0 Å². The van der Waals surface area contributed by atoms with Crippen LogP contribution in [0.4, 0.5) is 21.6 Å². The smallest absolute Gasteiger partial charge is 1.00 e. The molecule has 0 amide bonds. The third kappa shape index (κ3) is 20.1. The van der Waals surface area contributed by atoms with Crippen LogP contribution in [0.5, 0.6) is 0 Å². The normalized spacial score (nSPS) is 10.1. The molecular formula is C40H36Br2Cl3FK2N8O5P2. The number of alkyl halides is 1. The molecule has 0 spiro atoms. The Hall–Kier alpha value is -1.46. The van der Waals surface area contributed by atoms with Gasteiger partial charge in [-0.25, -0.2) is 15.0 Å². The Bertz CT molecular complexity index is 2690. The van der Waals surface area contributed by atoms with Crippen LogP contribution in [0.1, 0.15) is 13.9 Å². The van der Waals surface area contributed by atoms with Crippen molar-refractivity contribution in [3.05, 3.63) is 133 Å². The van der Waals surface area contributed by atoms with Crippen LogP contribution < -0.4 is 130 Å². The van der Waals surface area contributed by atoms with Gasteiger partial charge in [-0.1, -0.05) is 60.1 Å². The standard InChI is InChI=1S/C19H15BrClN4OP.C15H15N2OP.C4HBrCl2N2.CH3F.CH2O3.2K.H/c1-27(2,26)17-9-12(14-6-4-3-5-13(14)10-22)7-8-16(17)24-18-15(20)11-23-19(21)25-18;1-19(2,18)15-9-11(7-8-14(15)17)13-6-4-3-5-12(13)10-16;5-2-1-8-4(7)9-3(2)6;1-2;2-1-4-3;;;/h3-9,11H,1-2H3,(H,23,24,25);3-9H,17H2,1-2H3;1H;1H3;1,3H;;;/q;;;;;2*+1;-1/p-1/i;;;1D;;;;. The average Bonchev–Trinajstić information content (AvgIpc) is 3.24. The summed E-state index contributed by atoms with van der Waals surface area (Å²) in [5.41, 5.74) is 11.6. The largest absolute Gasteiger partial charge is 1.00 e. The van der Waals surface area contributed by atoms with Crippen LogP contribution in [-0.2, 0) is 18.8 Å². The van der Waals surface area contributed by atoms with E-state index >= 15 is 0 Å². The molecule has 0 fully saturated rings. The zero-order valence-corrected chi connectivity index (χ0v) is 48.0. The van der Waals surface area contributed by atoms with E-state index in [1.807, 2.05) is 66.7 Å². The van der Waals surface area contributed by atoms with Crippen LogP contribution in [-0.4, -0.2) is 60.2 Å². The molecule has 23 heteroatoms. The Kier molecular flexibility index (Phi) is 29.1. The first-order valence-corrected chi connectivity index (χ1v) is 24.7. The summed E-state index contributed by atoms with van der Waals surface area (Å²) >= 11 is 23.3. The topological polar surface area (TPSA) is 221 Å². The van der Waals surface area contributed by atoms with E-state index in [2.05, 4.69) is 74.1 Å². The number of nitriles is 2. The van der Waals surface area contributed by atoms with Gasteiger partial charge >= 0.3 is 103 Å². The number of rotatable bonds is 7. The second-order valence-corrected chi connectivity index (χ2v) is 21.6. The summed E-state index contributed by atoms with van der Waals surface area (Å²) < 4.78 is 42.0. The molecule has 0 radical (unpaired) electrons. The van der Waals surface area contributed by atoms with Crippen LogP contribution in [0.25, 0.3) is 22.3 Å². The number of nitrogens with two attached hydrogens (primary N) is 1. The number of hydrogen-bond donors (Lipinski definition) is 2. The minimum atomic E-state index is -2.63. The second kappa shape index (κ2) is 30.8. The summed E-state index contributed by atoms with van der Waals surface area (Å²) in [6, 6.07) is 30.0. The summed E-state index contributed by atoms with van der Waals surface area (Å²) in [5.74, 6) is 0.481. The van der Waals surface area contributed by atoms with Gasteiger partial charge in [0.2, 0.25) is 10.6 Å². The first kappa shape index (κ1) is 59.6. The van der Waals surface area contributed by atoms with Crippen molar-refractivity contribution in [3.8, 4) is 34.4 Å². The Morgan fingerprint density at radius 2 is 1.24 bits per heavy atom. The molecule has 2 heterocycles. The molecule has 63 heavy (non-hydrogen) atoms.